The zero-order chi connectivity index (χ0) is 29.2. The summed E-state index contributed by atoms with van der Waals surface area (Å²) in [6.45, 7) is 9.96. The van der Waals surface area contributed by atoms with Gasteiger partial charge in [0.1, 0.15) is 23.7 Å². The van der Waals surface area contributed by atoms with Crippen LogP contribution in [0.3, 0.4) is 0 Å². The minimum absolute atomic E-state index is 0.00448. The van der Waals surface area contributed by atoms with Crippen molar-refractivity contribution in [2.24, 2.45) is 39.9 Å². The topological polar surface area (TPSA) is 123 Å². The molecule has 10 atom stereocenters. The Morgan fingerprint density at radius 1 is 1.13 bits per heavy atom. The van der Waals surface area contributed by atoms with E-state index in [-0.39, 0.29) is 56.3 Å². The Hall–Kier alpha value is -2.28. The Morgan fingerprint density at radius 2 is 1.79 bits per heavy atom. The number of carbonyl (C=O) groups is 3. The molecule has 8 nitrogen and oxygen atoms in total. The lowest BCUT2D eigenvalue weighted by atomic mass is 9.41. The number of hydrogen-bond acceptors (Lipinski definition) is 8. The number of esters is 1. The molecule has 10 heteroatoms. The molecule has 0 amide bonds. The number of fused-ring (bicyclic) bond motifs is 5. The molecular weight excluding hydrogens is 512 g/mol. The molecule has 0 aromatic rings. The van der Waals surface area contributed by atoms with E-state index in [2.05, 4.69) is 0 Å². The third kappa shape index (κ3) is 4.25. The van der Waals surface area contributed by atoms with Crippen LogP contribution in [-0.2, 0) is 23.8 Å². The van der Waals surface area contributed by atoms with E-state index in [0.717, 1.165) is 0 Å². The zero-order valence-corrected chi connectivity index (χ0v) is 23.7. The maximum Gasteiger partial charge on any atom is 0.509 e. The number of hydrogen-bond donors (Lipinski definition) is 1. The monoisotopic (exact) mass is 553 g/mol. The van der Waals surface area contributed by atoms with Crippen LogP contribution in [0.25, 0.3) is 0 Å². The van der Waals surface area contributed by atoms with E-state index in [0.29, 0.717) is 0 Å². The number of halogens is 2. The number of ether oxygens (including phenoxy) is 3. The number of alkyl halides is 2. The molecule has 0 heterocycles. The van der Waals surface area contributed by atoms with E-state index in [1.807, 2.05) is 20.8 Å². The van der Waals surface area contributed by atoms with E-state index in [1.54, 1.807) is 26.8 Å². The van der Waals surface area contributed by atoms with Gasteiger partial charge in [0.05, 0.1) is 12.7 Å². The summed E-state index contributed by atoms with van der Waals surface area (Å²) in [6, 6.07) is 1.74. The number of carbonyl (C=O) groups excluding carboxylic acids is 3. The van der Waals surface area contributed by atoms with Gasteiger partial charge in [-0.25, -0.2) is 18.4 Å². The molecule has 0 spiro atoms. The number of rotatable bonds is 4. The predicted octanol–water partition coefficient (Wildman–Crippen LogP) is 4.86. The lowest BCUT2D eigenvalue weighted by molar-refractivity contribution is -0.268. The summed E-state index contributed by atoms with van der Waals surface area (Å²) in [6.07, 6.45) is -4.25. The van der Waals surface area contributed by atoms with Gasteiger partial charge in [0.25, 0.3) is 0 Å². The van der Waals surface area contributed by atoms with E-state index >= 15 is 8.78 Å². The van der Waals surface area contributed by atoms with Crippen molar-refractivity contribution in [1.29, 1.82) is 5.26 Å². The molecule has 2 unspecified atom stereocenters. The van der Waals surface area contributed by atoms with Crippen LogP contribution in [0.1, 0.15) is 80.1 Å². The van der Waals surface area contributed by atoms with Crippen LogP contribution in [0.5, 0.6) is 0 Å². The highest BCUT2D eigenvalue weighted by molar-refractivity contribution is 5.85. The molecule has 0 aliphatic heterocycles. The van der Waals surface area contributed by atoms with Crippen LogP contribution >= 0.6 is 0 Å². The molecule has 218 valence electrons. The fraction of sp³-hybridized carbons (Fsp3) is 0.862. The molecular formula is C29H41F2NO7. The molecule has 4 aliphatic carbocycles. The van der Waals surface area contributed by atoms with E-state index < -0.39 is 76.8 Å². The van der Waals surface area contributed by atoms with Gasteiger partial charge in [0.2, 0.25) is 5.60 Å². The SMILES string of the molecule is C[C@@H]1C[C@H]2[C@@H]3C[C@H](F)C4CC(=O)CC[C@]4(C)[C@@]3(F)[C@@H](O)C[C@]2(C)C1(OC(=O)OCC(C)(C)C)C(=O)OCC#N. The minimum atomic E-state index is -2.20. The maximum absolute atomic E-state index is 17.5. The average molecular weight is 554 g/mol. The maximum atomic E-state index is 17.5. The Kier molecular flexibility index (Phi) is 7.37. The third-order valence-corrected chi connectivity index (χ3v) is 10.5. The third-order valence-electron chi connectivity index (χ3n) is 10.5. The zero-order valence-electron chi connectivity index (χ0n) is 23.7. The van der Waals surface area contributed by atoms with Crippen molar-refractivity contribution in [3.05, 3.63) is 0 Å². The van der Waals surface area contributed by atoms with Gasteiger partial charge in [-0.05, 0) is 37.0 Å². The van der Waals surface area contributed by atoms with Crippen LogP contribution in [0, 0.1) is 51.2 Å². The Morgan fingerprint density at radius 3 is 2.41 bits per heavy atom. The predicted molar refractivity (Wildman–Crippen MR) is 134 cm³/mol. The van der Waals surface area contributed by atoms with Crippen molar-refractivity contribution in [3.8, 4) is 6.07 Å². The highest BCUT2D eigenvalue weighted by Gasteiger charge is 2.79. The normalized spacial score (nSPS) is 45.3. The number of nitrogens with zero attached hydrogens (tertiary/aromatic N) is 1. The van der Waals surface area contributed by atoms with Gasteiger partial charge in [0.15, 0.2) is 6.61 Å². The molecule has 0 saturated heterocycles. The first-order valence-corrected chi connectivity index (χ1v) is 13.9. The number of aliphatic hydroxyl groups excluding tert-OH is 1. The van der Waals surface area contributed by atoms with Gasteiger partial charge in [-0.3, -0.25) is 4.79 Å². The van der Waals surface area contributed by atoms with Crippen molar-refractivity contribution in [3.63, 3.8) is 0 Å². The highest BCUT2D eigenvalue weighted by atomic mass is 19.1. The molecule has 4 aliphatic rings. The van der Waals surface area contributed by atoms with Crippen LogP contribution in [0.2, 0.25) is 0 Å². The number of ketones is 1. The molecule has 4 fully saturated rings. The summed E-state index contributed by atoms with van der Waals surface area (Å²) in [4.78, 5) is 38.9. The lowest BCUT2D eigenvalue weighted by Gasteiger charge is -2.65. The standard InChI is InChI=1S/C29H41F2NO7/c1-16-11-18-19-13-21(30)20-12-17(33)7-8-26(20,5)28(19,31)22(34)14-27(18,6)29(16,23(35)37-10-9-32)39-24(36)38-15-25(2,3)4/h16,18-22,34H,7-8,10-15H2,1-6H3/t16-,18+,19+,20?,21+,22+,26+,27+,28+,29?/m1/s1. The number of Topliss-reactive ketones (excluding diaryl/α,β-unsaturated/α-hetero) is 1. The molecule has 4 rings (SSSR count). The summed E-state index contributed by atoms with van der Waals surface area (Å²) in [5, 5.41) is 20.7. The molecule has 1 N–H and O–H groups in total. The second-order valence-electron chi connectivity index (χ2n) is 13.9. The van der Waals surface area contributed by atoms with Gasteiger partial charge in [0, 0.05) is 41.4 Å². The first-order chi connectivity index (χ1) is 18.0. The first kappa shape index (κ1) is 29.7. The van der Waals surface area contributed by atoms with Gasteiger partial charge >= 0.3 is 12.1 Å². The number of nitriles is 1. The van der Waals surface area contributed by atoms with E-state index in [9.17, 15) is 19.5 Å². The highest BCUT2D eigenvalue weighted by Crippen LogP contribution is 2.72. The van der Waals surface area contributed by atoms with Crippen molar-refractivity contribution in [2.45, 2.75) is 104 Å². The summed E-state index contributed by atoms with van der Waals surface area (Å²) >= 11 is 0. The fourth-order valence-corrected chi connectivity index (χ4v) is 8.69. The molecule has 0 radical (unpaired) electrons. The largest absolute Gasteiger partial charge is 0.509 e. The second-order valence-corrected chi connectivity index (χ2v) is 13.9. The molecule has 39 heavy (non-hydrogen) atoms. The first-order valence-electron chi connectivity index (χ1n) is 13.9. The Bertz CT molecular complexity index is 1070. The minimum Gasteiger partial charge on any atom is -0.447 e. The van der Waals surface area contributed by atoms with Crippen molar-refractivity contribution < 1.29 is 42.5 Å². The molecule has 0 aromatic carbocycles. The Labute approximate surface area is 228 Å². The van der Waals surface area contributed by atoms with Gasteiger partial charge in [-0.2, -0.15) is 5.26 Å². The average Bonchev–Trinajstić information content (AvgIpc) is 3.06. The molecule has 4 saturated carbocycles. The van der Waals surface area contributed by atoms with Gasteiger partial charge in [-0.1, -0.05) is 41.5 Å². The van der Waals surface area contributed by atoms with Crippen molar-refractivity contribution in [2.75, 3.05) is 13.2 Å². The van der Waals surface area contributed by atoms with Crippen molar-refractivity contribution in [1.82, 2.24) is 0 Å². The van der Waals surface area contributed by atoms with Crippen LogP contribution in [-0.4, -0.2) is 59.8 Å². The van der Waals surface area contributed by atoms with E-state index in [1.165, 1.54) is 0 Å². The Balaban J connectivity index is 1.78. The summed E-state index contributed by atoms with van der Waals surface area (Å²) in [7, 11) is 0. The molecule has 0 aromatic heterocycles. The van der Waals surface area contributed by atoms with Crippen LogP contribution < -0.4 is 0 Å². The number of aliphatic hydroxyl groups is 1. The lowest BCUT2D eigenvalue weighted by Crippen LogP contribution is -2.73. The summed E-state index contributed by atoms with van der Waals surface area (Å²) in [5.41, 5.74) is -7.19. The van der Waals surface area contributed by atoms with Gasteiger partial charge in [-0.15, -0.1) is 0 Å². The van der Waals surface area contributed by atoms with E-state index in [4.69, 9.17) is 19.5 Å². The summed E-state index contributed by atoms with van der Waals surface area (Å²) < 4.78 is 49.7. The van der Waals surface area contributed by atoms with Crippen LogP contribution in [0.15, 0.2) is 0 Å². The molecule has 0 bridgehead atoms. The van der Waals surface area contributed by atoms with Crippen molar-refractivity contribution >= 4 is 17.9 Å². The quantitative estimate of drug-likeness (QED) is 0.490. The second kappa shape index (κ2) is 9.67. The van der Waals surface area contributed by atoms with Crippen LogP contribution in [0.4, 0.5) is 13.6 Å². The smallest absolute Gasteiger partial charge is 0.447 e. The summed E-state index contributed by atoms with van der Waals surface area (Å²) in [5.74, 6) is -4.25. The van der Waals surface area contributed by atoms with Gasteiger partial charge < -0.3 is 19.3 Å². The fourth-order valence-electron chi connectivity index (χ4n) is 8.69.